The van der Waals surface area contributed by atoms with Crippen molar-refractivity contribution in [3.05, 3.63) is 18.0 Å². The van der Waals surface area contributed by atoms with Gasteiger partial charge in [0.05, 0.1) is 5.69 Å². The molecule has 1 aromatic heterocycles. The number of hydrogen-bond acceptors (Lipinski definition) is 3. The number of carbonyl (C=O) groups is 1. The van der Waals surface area contributed by atoms with Gasteiger partial charge in [0.2, 0.25) is 5.91 Å². The number of nitrogens with zero attached hydrogens (tertiary/aromatic N) is 3. The summed E-state index contributed by atoms with van der Waals surface area (Å²) in [5, 5.41) is 7.85. The Labute approximate surface area is 120 Å². The zero-order valence-corrected chi connectivity index (χ0v) is 12.2. The number of rotatable bonds is 4. The molecule has 110 valence electrons. The summed E-state index contributed by atoms with van der Waals surface area (Å²) in [4.78, 5) is 14.2. The molecule has 0 aromatic carbocycles. The Bertz CT molecular complexity index is 470. The van der Waals surface area contributed by atoms with Crippen LogP contribution in [0.2, 0.25) is 0 Å². The number of fused-ring (bicyclic) bond motifs is 1. The van der Waals surface area contributed by atoms with E-state index in [9.17, 15) is 4.79 Å². The predicted octanol–water partition coefficient (Wildman–Crippen LogP) is 1.71. The first-order chi connectivity index (χ1) is 9.75. The molecule has 1 amide bonds. The van der Waals surface area contributed by atoms with Crippen LogP contribution in [0.4, 0.5) is 0 Å². The molecule has 0 radical (unpaired) electrons. The SMILES string of the molecule is CC1CCCN1C(=O)CCNC1CCCn2nccc21. The van der Waals surface area contributed by atoms with E-state index in [0.717, 1.165) is 45.3 Å². The standard InChI is InChI=1S/C15H24N4O/c1-12-4-2-10-18(12)15(20)7-8-16-13-5-3-11-19-14(13)6-9-17-19/h6,9,12-13,16H,2-5,7-8,10-11H2,1H3. The highest BCUT2D eigenvalue weighted by molar-refractivity contribution is 5.77. The normalized spacial score (nSPS) is 25.8. The summed E-state index contributed by atoms with van der Waals surface area (Å²) in [5.74, 6) is 0.298. The summed E-state index contributed by atoms with van der Waals surface area (Å²) in [6, 6.07) is 2.87. The molecule has 2 atom stereocenters. The molecule has 1 saturated heterocycles. The third-order valence-electron chi connectivity index (χ3n) is 4.57. The van der Waals surface area contributed by atoms with E-state index in [0.29, 0.717) is 24.4 Å². The number of carbonyl (C=O) groups excluding carboxylic acids is 1. The molecule has 20 heavy (non-hydrogen) atoms. The van der Waals surface area contributed by atoms with Gasteiger partial charge >= 0.3 is 0 Å². The van der Waals surface area contributed by atoms with Crippen LogP contribution in [0.1, 0.15) is 50.8 Å². The lowest BCUT2D eigenvalue weighted by Crippen LogP contribution is -2.36. The van der Waals surface area contributed by atoms with Crippen molar-refractivity contribution in [3.63, 3.8) is 0 Å². The average molecular weight is 276 g/mol. The minimum Gasteiger partial charge on any atom is -0.340 e. The predicted molar refractivity (Wildman–Crippen MR) is 77.2 cm³/mol. The minimum absolute atomic E-state index is 0.298. The van der Waals surface area contributed by atoms with Gasteiger partial charge in [0.15, 0.2) is 0 Å². The summed E-state index contributed by atoms with van der Waals surface area (Å²) < 4.78 is 2.07. The van der Waals surface area contributed by atoms with Crippen LogP contribution in [0.3, 0.4) is 0 Å². The van der Waals surface area contributed by atoms with Gasteiger partial charge in [-0.15, -0.1) is 0 Å². The highest BCUT2D eigenvalue weighted by Gasteiger charge is 2.25. The number of amides is 1. The van der Waals surface area contributed by atoms with Crippen LogP contribution in [-0.2, 0) is 11.3 Å². The average Bonchev–Trinajstić information content (AvgIpc) is 3.07. The van der Waals surface area contributed by atoms with E-state index in [1.54, 1.807) is 0 Å². The van der Waals surface area contributed by atoms with Gasteiger partial charge in [0, 0.05) is 44.3 Å². The molecular weight excluding hydrogens is 252 g/mol. The molecule has 5 nitrogen and oxygen atoms in total. The van der Waals surface area contributed by atoms with Crippen LogP contribution in [0.5, 0.6) is 0 Å². The lowest BCUT2D eigenvalue weighted by molar-refractivity contribution is -0.131. The Kier molecular flexibility index (Phi) is 4.05. The topological polar surface area (TPSA) is 50.2 Å². The van der Waals surface area contributed by atoms with Crippen LogP contribution in [0.25, 0.3) is 0 Å². The van der Waals surface area contributed by atoms with Crippen molar-refractivity contribution in [2.45, 2.75) is 57.7 Å². The zero-order chi connectivity index (χ0) is 13.9. The summed E-state index contributed by atoms with van der Waals surface area (Å²) in [7, 11) is 0. The minimum atomic E-state index is 0.298. The van der Waals surface area contributed by atoms with E-state index in [1.165, 1.54) is 5.69 Å². The third-order valence-corrected chi connectivity index (χ3v) is 4.57. The first kappa shape index (κ1) is 13.6. The van der Waals surface area contributed by atoms with Gasteiger partial charge in [-0.2, -0.15) is 5.10 Å². The number of likely N-dealkylation sites (tertiary alicyclic amines) is 1. The third kappa shape index (κ3) is 2.73. The van der Waals surface area contributed by atoms with Gasteiger partial charge in [-0.3, -0.25) is 9.48 Å². The fourth-order valence-corrected chi connectivity index (χ4v) is 3.43. The lowest BCUT2D eigenvalue weighted by atomic mass is 10.0. The van der Waals surface area contributed by atoms with E-state index in [-0.39, 0.29) is 0 Å². The molecule has 1 aromatic rings. The van der Waals surface area contributed by atoms with Gasteiger partial charge < -0.3 is 10.2 Å². The van der Waals surface area contributed by atoms with Crippen molar-refractivity contribution in [1.82, 2.24) is 20.0 Å². The van der Waals surface area contributed by atoms with Crippen LogP contribution in [0, 0.1) is 0 Å². The fourth-order valence-electron chi connectivity index (χ4n) is 3.43. The van der Waals surface area contributed by atoms with E-state index >= 15 is 0 Å². The first-order valence-corrected chi connectivity index (χ1v) is 7.80. The first-order valence-electron chi connectivity index (χ1n) is 7.80. The van der Waals surface area contributed by atoms with Crippen molar-refractivity contribution in [2.24, 2.45) is 0 Å². The summed E-state index contributed by atoms with van der Waals surface area (Å²) >= 11 is 0. The monoisotopic (exact) mass is 276 g/mol. The molecule has 0 aliphatic carbocycles. The quantitative estimate of drug-likeness (QED) is 0.911. The van der Waals surface area contributed by atoms with Gasteiger partial charge in [-0.1, -0.05) is 0 Å². The zero-order valence-electron chi connectivity index (χ0n) is 12.2. The van der Waals surface area contributed by atoms with Crippen LogP contribution in [-0.4, -0.2) is 39.7 Å². The van der Waals surface area contributed by atoms with E-state index in [1.807, 2.05) is 11.1 Å². The maximum absolute atomic E-state index is 12.2. The molecule has 2 aliphatic heterocycles. The number of aromatic nitrogens is 2. The largest absolute Gasteiger partial charge is 0.340 e. The van der Waals surface area contributed by atoms with Crippen molar-refractivity contribution >= 4 is 5.91 Å². The van der Waals surface area contributed by atoms with Crippen LogP contribution < -0.4 is 5.32 Å². The number of nitrogens with one attached hydrogen (secondary N) is 1. The highest BCUT2D eigenvalue weighted by Crippen LogP contribution is 2.24. The second kappa shape index (κ2) is 5.95. The van der Waals surface area contributed by atoms with Gasteiger partial charge in [0.1, 0.15) is 0 Å². The smallest absolute Gasteiger partial charge is 0.224 e. The summed E-state index contributed by atoms with van der Waals surface area (Å²) in [6.07, 6.45) is 7.08. The highest BCUT2D eigenvalue weighted by atomic mass is 16.2. The van der Waals surface area contributed by atoms with Crippen molar-refractivity contribution in [3.8, 4) is 0 Å². The lowest BCUT2D eigenvalue weighted by Gasteiger charge is -2.26. The Hall–Kier alpha value is -1.36. The van der Waals surface area contributed by atoms with E-state index in [4.69, 9.17) is 0 Å². The van der Waals surface area contributed by atoms with Gasteiger partial charge in [-0.25, -0.2) is 0 Å². The van der Waals surface area contributed by atoms with Crippen molar-refractivity contribution in [2.75, 3.05) is 13.1 Å². The maximum atomic E-state index is 12.2. The van der Waals surface area contributed by atoms with Crippen LogP contribution in [0.15, 0.2) is 12.3 Å². The van der Waals surface area contributed by atoms with Gasteiger partial charge in [-0.05, 0) is 38.7 Å². The molecule has 0 bridgehead atoms. The molecule has 0 saturated carbocycles. The van der Waals surface area contributed by atoms with Gasteiger partial charge in [0.25, 0.3) is 0 Å². The van der Waals surface area contributed by atoms with Crippen LogP contribution >= 0.6 is 0 Å². The maximum Gasteiger partial charge on any atom is 0.224 e. The second-order valence-corrected chi connectivity index (χ2v) is 5.96. The molecule has 3 heterocycles. The molecule has 5 heteroatoms. The Morgan fingerprint density at radius 2 is 2.25 bits per heavy atom. The number of aryl methyl sites for hydroxylation is 1. The Balaban J connectivity index is 1.48. The molecule has 2 aliphatic rings. The fraction of sp³-hybridized carbons (Fsp3) is 0.733. The molecule has 0 spiro atoms. The van der Waals surface area contributed by atoms with Crippen molar-refractivity contribution in [1.29, 1.82) is 0 Å². The van der Waals surface area contributed by atoms with Crippen molar-refractivity contribution < 1.29 is 4.79 Å². The Morgan fingerprint density at radius 3 is 3.05 bits per heavy atom. The number of hydrogen-bond donors (Lipinski definition) is 1. The summed E-state index contributed by atoms with van der Waals surface area (Å²) in [6.45, 7) is 4.87. The molecule has 2 unspecified atom stereocenters. The second-order valence-electron chi connectivity index (χ2n) is 5.96. The van der Waals surface area contributed by atoms with E-state index < -0.39 is 0 Å². The Morgan fingerprint density at radius 1 is 1.40 bits per heavy atom. The van der Waals surface area contributed by atoms with E-state index in [2.05, 4.69) is 28.1 Å². The summed E-state index contributed by atoms with van der Waals surface area (Å²) in [5.41, 5.74) is 1.26. The molecule has 3 rings (SSSR count). The molecular formula is C15H24N4O. The molecule has 1 fully saturated rings. The molecule has 1 N–H and O–H groups in total.